The summed E-state index contributed by atoms with van der Waals surface area (Å²) in [5, 5.41) is 0. The Morgan fingerprint density at radius 2 is 1.90 bits per heavy atom. The van der Waals surface area contributed by atoms with Crippen LogP contribution < -0.4 is 0 Å². The molecule has 1 unspecified atom stereocenters. The van der Waals surface area contributed by atoms with Crippen molar-refractivity contribution in [1.29, 1.82) is 0 Å². The van der Waals surface area contributed by atoms with Crippen molar-refractivity contribution in [2.45, 2.75) is 39.8 Å². The Bertz CT molecular complexity index is 143. The van der Waals surface area contributed by atoms with Gasteiger partial charge in [-0.15, -0.1) is 0 Å². The van der Waals surface area contributed by atoms with Crippen molar-refractivity contribution in [3.63, 3.8) is 0 Å². The second-order valence-electron chi connectivity index (χ2n) is 2.71. The highest BCUT2D eigenvalue weighted by Crippen LogP contribution is 2.29. The average Bonchev–Trinajstić information content (AvgIpc) is 1.86. The van der Waals surface area contributed by atoms with Crippen LogP contribution in [0.25, 0.3) is 0 Å². The molecule has 0 bridgehead atoms. The van der Waals surface area contributed by atoms with Crippen molar-refractivity contribution in [2.24, 2.45) is 0 Å². The van der Waals surface area contributed by atoms with E-state index in [1.54, 1.807) is 6.92 Å². The fourth-order valence-electron chi connectivity index (χ4n) is 0.624. The van der Waals surface area contributed by atoms with Crippen LogP contribution in [0, 0.1) is 0 Å². The zero-order chi connectivity index (χ0) is 8.36. The second-order valence-corrected chi connectivity index (χ2v) is 3.90. The van der Waals surface area contributed by atoms with Gasteiger partial charge < -0.3 is 0 Å². The largest absolute Gasteiger partial charge is 0.239 e. The predicted molar refractivity (Wildman–Crippen MR) is 47.1 cm³/mol. The summed E-state index contributed by atoms with van der Waals surface area (Å²) in [7, 11) is 0. The Labute approximate surface area is 70.6 Å². The van der Waals surface area contributed by atoms with Gasteiger partial charge in [0.1, 0.15) is 5.67 Å². The molecule has 0 aromatic rings. The number of allylic oxidation sites excluding steroid dienone is 2. The van der Waals surface area contributed by atoms with Gasteiger partial charge in [0, 0.05) is 0 Å². The van der Waals surface area contributed by atoms with Gasteiger partial charge >= 0.3 is 0 Å². The van der Waals surface area contributed by atoms with E-state index < -0.39 is 5.67 Å². The molecule has 60 valence electrons. The lowest BCUT2D eigenvalue weighted by Gasteiger charge is -2.19. The minimum atomic E-state index is -1.15. The van der Waals surface area contributed by atoms with Gasteiger partial charge in [-0.25, -0.2) is 4.39 Å². The van der Waals surface area contributed by atoms with E-state index in [2.05, 4.69) is 15.9 Å². The first-order chi connectivity index (χ1) is 4.41. The minimum Gasteiger partial charge on any atom is -0.239 e. The van der Waals surface area contributed by atoms with Gasteiger partial charge in [0.2, 0.25) is 0 Å². The third-order valence-corrected chi connectivity index (χ3v) is 2.56. The van der Waals surface area contributed by atoms with Crippen LogP contribution in [0.5, 0.6) is 0 Å². The molecule has 0 fully saturated rings. The molecule has 10 heavy (non-hydrogen) atoms. The topological polar surface area (TPSA) is 0 Å². The van der Waals surface area contributed by atoms with Crippen LogP contribution in [0.3, 0.4) is 0 Å². The van der Waals surface area contributed by atoms with Gasteiger partial charge in [-0.05, 0) is 37.2 Å². The molecule has 0 aliphatic heterocycles. The highest BCUT2D eigenvalue weighted by molar-refractivity contribution is 9.11. The first-order valence-corrected chi connectivity index (χ1v) is 4.23. The normalized spacial score (nSPS) is 19.8. The molecule has 0 aromatic carbocycles. The van der Waals surface area contributed by atoms with Crippen molar-refractivity contribution in [3.8, 4) is 0 Å². The maximum Gasteiger partial charge on any atom is 0.129 e. The SMILES string of the molecule is CCC(C)(F)/C(C)=C(/C)Br. The number of hydrogen-bond acceptors (Lipinski definition) is 0. The van der Waals surface area contributed by atoms with Crippen LogP contribution in [0.2, 0.25) is 0 Å². The summed E-state index contributed by atoms with van der Waals surface area (Å²) < 4.78 is 14.3. The highest BCUT2D eigenvalue weighted by Gasteiger charge is 2.23. The molecular formula is C8H14BrF. The molecule has 0 spiro atoms. The van der Waals surface area contributed by atoms with Crippen molar-refractivity contribution < 1.29 is 4.39 Å². The van der Waals surface area contributed by atoms with E-state index >= 15 is 0 Å². The van der Waals surface area contributed by atoms with E-state index in [-0.39, 0.29) is 0 Å². The Balaban J connectivity index is 4.49. The van der Waals surface area contributed by atoms with Crippen LogP contribution in [-0.2, 0) is 0 Å². The number of hydrogen-bond donors (Lipinski definition) is 0. The molecule has 0 aliphatic carbocycles. The first-order valence-electron chi connectivity index (χ1n) is 3.44. The Morgan fingerprint density at radius 3 is 2.00 bits per heavy atom. The molecule has 0 N–H and O–H groups in total. The summed E-state index contributed by atoms with van der Waals surface area (Å²) in [6.07, 6.45) is 0.530. The maximum atomic E-state index is 13.4. The number of halogens is 2. The van der Waals surface area contributed by atoms with E-state index in [9.17, 15) is 4.39 Å². The van der Waals surface area contributed by atoms with Crippen molar-refractivity contribution >= 4 is 15.9 Å². The summed E-state index contributed by atoms with van der Waals surface area (Å²) in [6.45, 7) is 7.13. The van der Waals surface area contributed by atoms with Crippen molar-refractivity contribution in [3.05, 3.63) is 10.1 Å². The molecule has 0 nitrogen and oxygen atoms in total. The molecule has 0 aliphatic rings. The highest BCUT2D eigenvalue weighted by atomic mass is 79.9. The lowest BCUT2D eigenvalue weighted by Crippen LogP contribution is -2.18. The number of rotatable bonds is 2. The van der Waals surface area contributed by atoms with Crippen LogP contribution >= 0.6 is 15.9 Å². The molecule has 0 amide bonds. The van der Waals surface area contributed by atoms with Crippen molar-refractivity contribution in [2.75, 3.05) is 0 Å². The van der Waals surface area contributed by atoms with Gasteiger partial charge in [-0.3, -0.25) is 0 Å². The van der Waals surface area contributed by atoms with E-state index in [1.807, 2.05) is 20.8 Å². The van der Waals surface area contributed by atoms with Crippen LogP contribution in [0.15, 0.2) is 10.1 Å². The van der Waals surface area contributed by atoms with Gasteiger partial charge in [0.05, 0.1) is 0 Å². The van der Waals surface area contributed by atoms with Gasteiger partial charge in [-0.2, -0.15) is 0 Å². The quantitative estimate of drug-likeness (QED) is 0.648. The summed E-state index contributed by atoms with van der Waals surface area (Å²) in [4.78, 5) is 0. The standard InChI is InChI=1S/C8H14BrF/c1-5-8(4,10)6(2)7(3)9/h5H2,1-4H3/b7-6-. The third kappa shape index (κ3) is 2.41. The van der Waals surface area contributed by atoms with Crippen LogP contribution in [0.1, 0.15) is 34.1 Å². The molecule has 1 atom stereocenters. The zero-order valence-electron chi connectivity index (χ0n) is 6.96. The monoisotopic (exact) mass is 208 g/mol. The lowest BCUT2D eigenvalue weighted by atomic mass is 9.96. The van der Waals surface area contributed by atoms with E-state index in [1.165, 1.54) is 0 Å². The van der Waals surface area contributed by atoms with Gasteiger partial charge in [-0.1, -0.05) is 22.9 Å². The molecule has 0 rings (SSSR count). The zero-order valence-corrected chi connectivity index (χ0v) is 8.55. The fourth-order valence-corrected chi connectivity index (χ4v) is 1.04. The van der Waals surface area contributed by atoms with E-state index in [0.29, 0.717) is 6.42 Å². The average molecular weight is 209 g/mol. The molecule has 0 saturated carbocycles. The van der Waals surface area contributed by atoms with Crippen LogP contribution in [0.4, 0.5) is 4.39 Å². The van der Waals surface area contributed by atoms with Gasteiger partial charge in [0.15, 0.2) is 0 Å². The number of alkyl halides is 1. The Hall–Kier alpha value is 0.150. The van der Waals surface area contributed by atoms with E-state index in [4.69, 9.17) is 0 Å². The van der Waals surface area contributed by atoms with E-state index in [0.717, 1.165) is 10.1 Å². The molecule has 2 heteroatoms. The third-order valence-electron chi connectivity index (χ3n) is 1.96. The smallest absolute Gasteiger partial charge is 0.129 e. The molecular weight excluding hydrogens is 195 g/mol. The Kier molecular flexibility index (Phi) is 3.57. The predicted octanol–water partition coefficient (Wildman–Crippen LogP) is 3.81. The molecule has 0 radical (unpaired) electrons. The molecule has 0 heterocycles. The summed E-state index contributed by atoms with van der Waals surface area (Å²) in [5.74, 6) is 0. The lowest BCUT2D eigenvalue weighted by molar-refractivity contribution is 0.231. The Morgan fingerprint density at radius 1 is 1.50 bits per heavy atom. The van der Waals surface area contributed by atoms with Gasteiger partial charge in [0.25, 0.3) is 0 Å². The first kappa shape index (κ1) is 10.2. The minimum absolute atomic E-state index is 0.530. The summed E-state index contributed by atoms with van der Waals surface area (Å²) in [5.41, 5.74) is -0.358. The summed E-state index contributed by atoms with van der Waals surface area (Å²) in [6, 6.07) is 0. The maximum absolute atomic E-state index is 13.4. The van der Waals surface area contributed by atoms with Crippen molar-refractivity contribution in [1.82, 2.24) is 0 Å². The van der Waals surface area contributed by atoms with Crippen LogP contribution in [-0.4, -0.2) is 5.67 Å². The summed E-state index contributed by atoms with van der Waals surface area (Å²) >= 11 is 3.26. The molecule has 0 aromatic heterocycles. The molecule has 0 saturated heterocycles. The second kappa shape index (κ2) is 3.51. The fraction of sp³-hybridized carbons (Fsp3) is 0.750.